The van der Waals surface area contributed by atoms with E-state index < -0.39 is 18.8 Å². The molecule has 0 radical (unpaired) electrons. The molecular formula is C7H10F3N3O. The highest BCUT2D eigenvalue weighted by molar-refractivity contribution is 4.88. The Morgan fingerprint density at radius 2 is 2.00 bits per heavy atom. The van der Waals surface area contributed by atoms with Gasteiger partial charge in [-0.25, -0.2) is 9.67 Å². The lowest BCUT2D eigenvalue weighted by Gasteiger charge is -2.14. The average molecular weight is 209 g/mol. The van der Waals surface area contributed by atoms with Crippen LogP contribution in [0.15, 0.2) is 0 Å². The predicted molar refractivity (Wildman–Crippen MR) is 41.6 cm³/mol. The number of aliphatic hydroxyl groups excluding tert-OH is 1. The van der Waals surface area contributed by atoms with Gasteiger partial charge in [0.15, 0.2) is 6.10 Å². The molecule has 0 saturated carbocycles. The smallest absolute Gasteiger partial charge is 0.382 e. The van der Waals surface area contributed by atoms with Crippen LogP contribution in [0.1, 0.15) is 11.6 Å². The van der Waals surface area contributed by atoms with E-state index in [1.54, 1.807) is 6.92 Å². The van der Waals surface area contributed by atoms with Crippen molar-refractivity contribution in [3.8, 4) is 0 Å². The van der Waals surface area contributed by atoms with Crippen LogP contribution in [0.25, 0.3) is 0 Å². The number of aromatic nitrogens is 3. The largest absolute Gasteiger partial charge is 0.416 e. The predicted octanol–water partition coefficient (Wildman–Crippen LogP) is 0.818. The summed E-state index contributed by atoms with van der Waals surface area (Å²) >= 11 is 0. The summed E-state index contributed by atoms with van der Waals surface area (Å²) in [6.45, 7) is 2.49. The molecule has 7 heteroatoms. The molecule has 0 aliphatic rings. The molecular weight excluding hydrogens is 199 g/mol. The summed E-state index contributed by atoms with van der Waals surface area (Å²) in [7, 11) is 0. The number of rotatable bonds is 2. The van der Waals surface area contributed by atoms with Crippen LogP contribution in [-0.2, 0) is 6.54 Å². The molecule has 80 valence electrons. The first-order chi connectivity index (χ1) is 6.30. The molecule has 0 aliphatic carbocycles. The molecule has 14 heavy (non-hydrogen) atoms. The van der Waals surface area contributed by atoms with E-state index in [0.29, 0.717) is 11.6 Å². The number of aliphatic hydroxyl groups is 1. The Hall–Kier alpha value is -1.11. The zero-order chi connectivity index (χ0) is 10.9. The quantitative estimate of drug-likeness (QED) is 0.784. The molecule has 1 rings (SSSR count). The lowest BCUT2D eigenvalue weighted by atomic mass is 10.3. The average Bonchev–Trinajstić information content (AvgIpc) is 2.28. The monoisotopic (exact) mass is 209 g/mol. The van der Waals surface area contributed by atoms with Gasteiger partial charge in [0.1, 0.15) is 11.6 Å². The standard InChI is InChI=1S/C7H10F3N3O/c1-4-11-5(2)13(12-4)3-6(14)7(8,9)10/h6,14H,3H2,1-2H3. The van der Waals surface area contributed by atoms with Crippen molar-refractivity contribution in [1.82, 2.24) is 14.8 Å². The van der Waals surface area contributed by atoms with Gasteiger partial charge in [-0.3, -0.25) is 0 Å². The van der Waals surface area contributed by atoms with Gasteiger partial charge < -0.3 is 5.11 Å². The molecule has 0 fully saturated rings. The molecule has 1 heterocycles. The molecule has 4 nitrogen and oxygen atoms in total. The maximum absolute atomic E-state index is 12.0. The van der Waals surface area contributed by atoms with Crippen molar-refractivity contribution in [1.29, 1.82) is 0 Å². The second-order valence-corrected chi connectivity index (χ2v) is 2.95. The van der Waals surface area contributed by atoms with Gasteiger partial charge in [0.2, 0.25) is 0 Å². The van der Waals surface area contributed by atoms with E-state index in [4.69, 9.17) is 5.11 Å². The van der Waals surface area contributed by atoms with E-state index in [1.807, 2.05) is 0 Å². The van der Waals surface area contributed by atoms with Gasteiger partial charge in [0.25, 0.3) is 0 Å². The number of alkyl halides is 3. The Kier molecular flexibility index (Phi) is 2.79. The molecule has 1 aromatic rings. The summed E-state index contributed by atoms with van der Waals surface area (Å²) < 4.78 is 36.9. The Morgan fingerprint density at radius 1 is 1.43 bits per heavy atom. The van der Waals surface area contributed by atoms with Crippen LogP contribution in [0, 0.1) is 13.8 Å². The normalized spacial score (nSPS) is 14.4. The summed E-state index contributed by atoms with van der Waals surface area (Å²) in [6, 6.07) is 0. The third-order valence-corrected chi connectivity index (χ3v) is 1.69. The summed E-state index contributed by atoms with van der Waals surface area (Å²) in [5.41, 5.74) is 0. The highest BCUT2D eigenvalue weighted by Gasteiger charge is 2.38. The van der Waals surface area contributed by atoms with E-state index in [0.717, 1.165) is 4.68 Å². The molecule has 0 bridgehead atoms. The summed E-state index contributed by atoms with van der Waals surface area (Å²) in [5, 5.41) is 12.5. The topological polar surface area (TPSA) is 50.9 Å². The maximum atomic E-state index is 12.0. The number of nitrogens with zero attached hydrogens (tertiary/aromatic N) is 3. The molecule has 0 aliphatic heterocycles. The molecule has 1 N–H and O–H groups in total. The highest BCUT2D eigenvalue weighted by atomic mass is 19.4. The van der Waals surface area contributed by atoms with Crippen LogP contribution in [0.5, 0.6) is 0 Å². The minimum atomic E-state index is -4.62. The summed E-state index contributed by atoms with van der Waals surface area (Å²) in [6.07, 6.45) is -7.02. The van der Waals surface area contributed by atoms with Crippen molar-refractivity contribution in [3.05, 3.63) is 11.6 Å². The van der Waals surface area contributed by atoms with Gasteiger partial charge in [-0.15, -0.1) is 0 Å². The van der Waals surface area contributed by atoms with Crippen molar-refractivity contribution in [2.24, 2.45) is 0 Å². The molecule has 0 spiro atoms. The lowest BCUT2D eigenvalue weighted by Crippen LogP contribution is -2.33. The van der Waals surface area contributed by atoms with Crippen molar-refractivity contribution < 1.29 is 18.3 Å². The highest BCUT2D eigenvalue weighted by Crippen LogP contribution is 2.21. The van der Waals surface area contributed by atoms with E-state index >= 15 is 0 Å². The maximum Gasteiger partial charge on any atom is 0.416 e. The van der Waals surface area contributed by atoms with E-state index in [-0.39, 0.29) is 0 Å². The van der Waals surface area contributed by atoms with Crippen LogP contribution in [0.2, 0.25) is 0 Å². The first kappa shape index (κ1) is 11.0. The Bertz CT molecular complexity index is 320. The Morgan fingerprint density at radius 3 is 2.36 bits per heavy atom. The first-order valence-electron chi connectivity index (χ1n) is 3.93. The Balaban J connectivity index is 2.74. The fraction of sp³-hybridized carbons (Fsp3) is 0.714. The van der Waals surface area contributed by atoms with Crippen molar-refractivity contribution in [2.45, 2.75) is 32.7 Å². The number of hydrogen-bond acceptors (Lipinski definition) is 3. The van der Waals surface area contributed by atoms with Gasteiger partial charge in [-0.1, -0.05) is 0 Å². The zero-order valence-corrected chi connectivity index (χ0v) is 7.71. The lowest BCUT2D eigenvalue weighted by molar-refractivity contribution is -0.208. The van der Waals surface area contributed by atoms with Crippen molar-refractivity contribution in [2.75, 3.05) is 0 Å². The van der Waals surface area contributed by atoms with Gasteiger partial charge in [0.05, 0.1) is 6.54 Å². The number of hydrogen-bond donors (Lipinski definition) is 1. The van der Waals surface area contributed by atoms with Gasteiger partial charge >= 0.3 is 6.18 Å². The summed E-state index contributed by atoms with van der Waals surface area (Å²) in [4.78, 5) is 3.82. The van der Waals surface area contributed by atoms with Crippen molar-refractivity contribution >= 4 is 0 Å². The van der Waals surface area contributed by atoms with E-state index in [1.165, 1.54) is 6.92 Å². The zero-order valence-electron chi connectivity index (χ0n) is 7.71. The summed E-state index contributed by atoms with van der Waals surface area (Å²) in [5.74, 6) is 0.739. The van der Waals surface area contributed by atoms with Crippen LogP contribution in [0.3, 0.4) is 0 Å². The molecule has 0 amide bonds. The third kappa shape index (κ3) is 2.44. The molecule has 1 atom stereocenters. The SMILES string of the molecule is Cc1nc(C)n(CC(O)C(F)(F)F)n1. The fourth-order valence-corrected chi connectivity index (χ4v) is 1.00. The molecule has 0 aromatic carbocycles. The van der Waals surface area contributed by atoms with Crippen molar-refractivity contribution in [3.63, 3.8) is 0 Å². The fourth-order valence-electron chi connectivity index (χ4n) is 1.00. The van der Waals surface area contributed by atoms with Crippen LogP contribution in [0.4, 0.5) is 13.2 Å². The third-order valence-electron chi connectivity index (χ3n) is 1.69. The van der Waals surface area contributed by atoms with E-state index in [2.05, 4.69) is 10.1 Å². The van der Waals surface area contributed by atoms with Gasteiger partial charge in [0, 0.05) is 0 Å². The first-order valence-corrected chi connectivity index (χ1v) is 3.93. The van der Waals surface area contributed by atoms with Crippen LogP contribution >= 0.6 is 0 Å². The van der Waals surface area contributed by atoms with Gasteiger partial charge in [-0.05, 0) is 13.8 Å². The van der Waals surface area contributed by atoms with E-state index in [9.17, 15) is 13.2 Å². The Labute approximate surface area is 78.4 Å². The number of aryl methyl sites for hydroxylation is 2. The minimum Gasteiger partial charge on any atom is -0.382 e. The molecule has 1 unspecified atom stereocenters. The minimum absolute atomic E-state index is 0.353. The van der Waals surface area contributed by atoms with Crippen LogP contribution < -0.4 is 0 Å². The number of halogens is 3. The molecule has 1 aromatic heterocycles. The second-order valence-electron chi connectivity index (χ2n) is 2.95. The van der Waals surface area contributed by atoms with Gasteiger partial charge in [-0.2, -0.15) is 18.3 Å². The second kappa shape index (κ2) is 3.56. The molecule has 0 saturated heterocycles. The van der Waals surface area contributed by atoms with Crippen LogP contribution in [-0.4, -0.2) is 32.2 Å².